The van der Waals surface area contributed by atoms with Crippen molar-refractivity contribution in [1.82, 2.24) is 4.90 Å². The number of ether oxygens (including phenoxy) is 1. The lowest BCUT2D eigenvalue weighted by molar-refractivity contribution is -0.119. The fraction of sp³-hybridized carbons (Fsp3) is 0.250. The minimum Gasteiger partial charge on any atom is -0.497 e. The van der Waals surface area contributed by atoms with E-state index in [0.717, 1.165) is 22.9 Å². The lowest BCUT2D eigenvalue weighted by Gasteiger charge is -2.25. The monoisotopic (exact) mass is 386 g/mol. The van der Waals surface area contributed by atoms with Crippen molar-refractivity contribution in [2.45, 2.75) is 13.1 Å². The van der Waals surface area contributed by atoms with Crippen LogP contribution in [0.25, 0.3) is 0 Å². The predicted octanol–water partition coefficient (Wildman–Crippen LogP) is 4.48. The van der Waals surface area contributed by atoms with Crippen LogP contribution in [0, 0.1) is 0 Å². The van der Waals surface area contributed by atoms with Gasteiger partial charge in [0.1, 0.15) is 5.75 Å². The fourth-order valence-electron chi connectivity index (χ4n) is 2.71. The molecule has 6 heteroatoms. The first-order valence-corrected chi connectivity index (χ1v) is 10.1. The van der Waals surface area contributed by atoms with Crippen LogP contribution in [-0.2, 0) is 17.9 Å². The van der Waals surface area contributed by atoms with Crippen LogP contribution in [0.15, 0.2) is 58.6 Å². The second-order valence-electron chi connectivity index (χ2n) is 6.06. The molecule has 0 fully saturated rings. The third kappa shape index (κ3) is 4.94. The molecule has 0 aliphatic rings. The number of benzene rings is 1. The summed E-state index contributed by atoms with van der Waals surface area (Å²) in [6.07, 6.45) is 0. The number of carbonyl (C=O) groups excluding carboxylic acids is 1. The highest BCUT2D eigenvalue weighted by Gasteiger charge is 2.19. The second kappa shape index (κ2) is 8.98. The molecule has 4 nitrogen and oxygen atoms in total. The largest absolute Gasteiger partial charge is 0.497 e. The van der Waals surface area contributed by atoms with E-state index in [1.165, 1.54) is 5.56 Å². The molecule has 0 radical (unpaired) electrons. The van der Waals surface area contributed by atoms with Gasteiger partial charge >= 0.3 is 0 Å². The molecule has 3 aromatic rings. The van der Waals surface area contributed by atoms with E-state index >= 15 is 0 Å². The highest BCUT2D eigenvalue weighted by Crippen LogP contribution is 2.23. The first-order valence-electron chi connectivity index (χ1n) is 8.32. The molecule has 0 bridgehead atoms. The Morgan fingerprint density at radius 2 is 1.88 bits per heavy atom. The molecule has 1 amide bonds. The van der Waals surface area contributed by atoms with Crippen molar-refractivity contribution in [2.75, 3.05) is 25.6 Å². The molecule has 26 heavy (non-hydrogen) atoms. The molecule has 0 unspecified atom stereocenters. The summed E-state index contributed by atoms with van der Waals surface area (Å²) < 4.78 is 5.23. The fourth-order valence-corrected chi connectivity index (χ4v) is 4.06. The Morgan fingerprint density at radius 1 is 1.08 bits per heavy atom. The average Bonchev–Trinajstić information content (AvgIpc) is 3.33. The molecule has 1 aromatic carbocycles. The zero-order chi connectivity index (χ0) is 18.4. The molecule has 0 N–H and O–H groups in total. The second-order valence-corrected chi connectivity index (χ2v) is 7.87. The standard InChI is InChI=1S/C20H22N2O2S2/c1-21(12-16-9-11-25-15-16)14-20(23)22(13-19-4-3-10-26-19)17-5-7-18(24-2)8-6-17/h3-11,15H,12-14H2,1-2H3. The average molecular weight is 387 g/mol. The molecular weight excluding hydrogens is 364 g/mol. The van der Waals surface area contributed by atoms with Gasteiger partial charge in [-0.2, -0.15) is 11.3 Å². The number of likely N-dealkylation sites (N-methyl/N-ethyl adjacent to an activating group) is 1. The summed E-state index contributed by atoms with van der Waals surface area (Å²) in [6.45, 7) is 1.72. The zero-order valence-corrected chi connectivity index (χ0v) is 16.6. The lowest BCUT2D eigenvalue weighted by atomic mass is 10.2. The van der Waals surface area contributed by atoms with Crippen molar-refractivity contribution >= 4 is 34.3 Å². The summed E-state index contributed by atoms with van der Waals surface area (Å²) in [4.78, 5) is 18.1. The molecule has 0 atom stereocenters. The molecule has 3 rings (SSSR count). The molecule has 2 heterocycles. The van der Waals surface area contributed by atoms with Crippen LogP contribution in [0.4, 0.5) is 5.69 Å². The highest BCUT2D eigenvalue weighted by molar-refractivity contribution is 7.09. The van der Waals surface area contributed by atoms with E-state index in [1.54, 1.807) is 29.8 Å². The molecule has 0 spiro atoms. The van der Waals surface area contributed by atoms with Crippen molar-refractivity contribution in [3.8, 4) is 5.75 Å². The van der Waals surface area contributed by atoms with E-state index in [1.807, 2.05) is 47.7 Å². The minimum absolute atomic E-state index is 0.0845. The number of thiophene rings is 2. The van der Waals surface area contributed by atoms with Crippen LogP contribution in [0.1, 0.15) is 10.4 Å². The molecule has 2 aromatic heterocycles. The number of carbonyl (C=O) groups is 1. The lowest BCUT2D eigenvalue weighted by Crippen LogP contribution is -2.38. The smallest absolute Gasteiger partial charge is 0.241 e. The van der Waals surface area contributed by atoms with Gasteiger partial charge in [-0.1, -0.05) is 6.07 Å². The van der Waals surface area contributed by atoms with Crippen molar-refractivity contribution in [3.05, 3.63) is 69.0 Å². The molecule has 0 aliphatic heterocycles. The number of nitrogens with zero attached hydrogens (tertiary/aromatic N) is 2. The normalized spacial score (nSPS) is 10.9. The molecule has 0 aliphatic carbocycles. The third-order valence-corrected chi connectivity index (χ3v) is 5.61. The van der Waals surface area contributed by atoms with E-state index in [4.69, 9.17) is 4.74 Å². The third-order valence-electron chi connectivity index (χ3n) is 4.02. The van der Waals surface area contributed by atoms with Crippen molar-refractivity contribution < 1.29 is 9.53 Å². The maximum Gasteiger partial charge on any atom is 0.241 e. The summed E-state index contributed by atoms with van der Waals surface area (Å²) in [5.41, 5.74) is 2.12. The van der Waals surface area contributed by atoms with Gasteiger partial charge in [-0.05, 0) is 65.1 Å². The first kappa shape index (κ1) is 18.6. The summed E-state index contributed by atoms with van der Waals surface area (Å²) >= 11 is 3.34. The molecule has 0 saturated carbocycles. The number of rotatable bonds is 8. The first-order chi connectivity index (χ1) is 12.7. The van der Waals surface area contributed by atoms with Crippen LogP contribution in [0.5, 0.6) is 5.75 Å². The molecule has 0 saturated heterocycles. The molecule has 136 valence electrons. The topological polar surface area (TPSA) is 32.8 Å². The van der Waals surface area contributed by atoms with E-state index in [0.29, 0.717) is 13.1 Å². The van der Waals surface area contributed by atoms with Gasteiger partial charge in [0.05, 0.1) is 20.2 Å². The quantitative estimate of drug-likeness (QED) is 0.572. The van der Waals surface area contributed by atoms with Crippen LogP contribution >= 0.6 is 22.7 Å². The van der Waals surface area contributed by atoms with Crippen molar-refractivity contribution in [1.29, 1.82) is 0 Å². The Kier molecular flexibility index (Phi) is 6.44. The minimum atomic E-state index is 0.0845. The SMILES string of the molecule is COc1ccc(N(Cc2cccs2)C(=O)CN(C)Cc2ccsc2)cc1. The van der Waals surface area contributed by atoms with Crippen molar-refractivity contribution in [3.63, 3.8) is 0 Å². The van der Waals surface area contributed by atoms with Gasteiger partial charge < -0.3 is 9.64 Å². The predicted molar refractivity (Wildman–Crippen MR) is 109 cm³/mol. The number of hydrogen-bond donors (Lipinski definition) is 0. The van der Waals surface area contributed by atoms with Crippen molar-refractivity contribution in [2.24, 2.45) is 0 Å². The van der Waals surface area contributed by atoms with Gasteiger partial charge in [0.2, 0.25) is 5.91 Å². The maximum absolute atomic E-state index is 13.0. The Balaban J connectivity index is 1.73. The van der Waals surface area contributed by atoms with Gasteiger partial charge in [0.15, 0.2) is 0 Å². The highest BCUT2D eigenvalue weighted by atomic mass is 32.1. The Morgan fingerprint density at radius 3 is 2.50 bits per heavy atom. The summed E-state index contributed by atoms with van der Waals surface area (Å²) in [6, 6.07) is 13.8. The van der Waals surface area contributed by atoms with Gasteiger partial charge in [-0.25, -0.2) is 0 Å². The zero-order valence-electron chi connectivity index (χ0n) is 14.9. The number of amides is 1. The summed E-state index contributed by atoms with van der Waals surface area (Å²) in [5, 5.41) is 6.22. The Bertz CT molecular complexity index is 799. The van der Waals surface area contributed by atoms with E-state index in [9.17, 15) is 4.79 Å². The molecular formula is C20H22N2O2S2. The van der Waals surface area contributed by atoms with E-state index in [2.05, 4.69) is 27.8 Å². The number of hydrogen-bond acceptors (Lipinski definition) is 5. The number of methoxy groups -OCH3 is 1. The van der Waals surface area contributed by atoms with E-state index < -0.39 is 0 Å². The van der Waals surface area contributed by atoms with Crippen LogP contribution < -0.4 is 9.64 Å². The van der Waals surface area contributed by atoms with Crippen LogP contribution in [0.3, 0.4) is 0 Å². The Labute approximate surface area is 162 Å². The van der Waals surface area contributed by atoms with E-state index in [-0.39, 0.29) is 5.91 Å². The summed E-state index contributed by atoms with van der Waals surface area (Å²) in [5.74, 6) is 0.869. The van der Waals surface area contributed by atoms with Crippen LogP contribution in [-0.4, -0.2) is 31.5 Å². The van der Waals surface area contributed by atoms with Gasteiger partial charge in [0.25, 0.3) is 0 Å². The number of anilines is 1. The van der Waals surface area contributed by atoms with Crippen LogP contribution in [0.2, 0.25) is 0 Å². The maximum atomic E-state index is 13.0. The van der Waals surface area contributed by atoms with Gasteiger partial charge in [0, 0.05) is 17.1 Å². The Hall–Kier alpha value is -2.15. The van der Waals surface area contributed by atoms with Gasteiger partial charge in [-0.15, -0.1) is 11.3 Å². The van der Waals surface area contributed by atoms with Gasteiger partial charge in [-0.3, -0.25) is 9.69 Å². The summed E-state index contributed by atoms with van der Waals surface area (Å²) in [7, 11) is 3.62.